The van der Waals surface area contributed by atoms with Crippen LogP contribution in [0.2, 0.25) is 0 Å². The van der Waals surface area contributed by atoms with E-state index in [1.165, 1.54) is 0 Å². The second kappa shape index (κ2) is 5.90. The van der Waals surface area contributed by atoms with E-state index in [-0.39, 0.29) is 46.2 Å². The van der Waals surface area contributed by atoms with Gasteiger partial charge in [-0.2, -0.15) is 0 Å². The van der Waals surface area contributed by atoms with Gasteiger partial charge in [0, 0.05) is 0 Å². The Hall–Kier alpha value is -0.712. The van der Waals surface area contributed by atoms with E-state index < -0.39 is 17.4 Å². The third kappa shape index (κ3) is 2.64. The van der Waals surface area contributed by atoms with Gasteiger partial charge in [-0.05, 0) is 12.8 Å². The van der Waals surface area contributed by atoms with Gasteiger partial charge < -0.3 is 22.5 Å². The van der Waals surface area contributed by atoms with Crippen LogP contribution in [0.3, 0.4) is 0 Å². The van der Waals surface area contributed by atoms with Crippen LogP contribution in [0, 0.1) is 5.41 Å². The molecule has 84 valence electrons. The zero-order chi connectivity index (χ0) is 8.65. The standard InChI is InChI=1S/C7H8O4.2H2N.Pt/c1-4-2-7(3-4,5(8)9)6(10)11;;;/h1-3H2,(H,8,9)(H,10,11);2*1H2;/q;2*-1;+2. The second-order valence-electron chi connectivity index (χ2n) is 2.80. The van der Waals surface area contributed by atoms with E-state index in [0.717, 1.165) is 0 Å². The van der Waals surface area contributed by atoms with E-state index >= 15 is 0 Å². The largest absolute Gasteiger partial charge is 2.00 e. The molecule has 0 aromatic rings. The number of allylic oxidation sites excluding steroid dienone is 1. The number of carboxylic acid groups (broad SMARTS) is 2. The van der Waals surface area contributed by atoms with Crippen LogP contribution in [0.5, 0.6) is 0 Å². The molecule has 0 saturated heterocycles. The van der Waals surface area contributed by atoms with Gasteiger partial charge in [0.2, 0.25) is 0 Å². The number of carbonyl (C=O) groups is 2. The number of carboxylic acids is 2. The first-order valence-corrected chi connectivity index (χ1v) is 3.12. The molecule has 0 aromatic carbocycles. The molecule has 6 nitrogen and oxygen atoms in total. The van der Waals surface area contributed by atoms with Crippen molar-refractivity contribution in [3.8, 4) is 0 Å². The van der Waals surface area contributed by atoms with Gasteiger partial charge >= 0.3 is 33.0 Å². The first-order valence-electron chi connectivity index (χ1n) is 3.12. The first-order chi connectivity index (χ1) is 4.99. The zero-order valence-corrected chi connectivity index (χ0v) is 9.58. The average Bonchev–Trinajstić information content (AvgIpc) is 1.78. The molecule has 1 fully saturated rings. The van der Waals surface area contributed by atoms with Gasteiger partial charge in [-0.25, -0.2) is 0 Å². The van der Waals surface area contributed by atoms with Crippen LogP contribution in [0.4, 0.5) is 0 Å². The third-order valence-corrected chi connectivity index (χ3v) is 1.92. The van der Waals surface area contributed by atoms with E-state index in [2.05, 4.69) is 6.58 Å². The monoisotopic (exact) mass is 383 g/mol. The summed E-state index contributed by atoms with van der Waals surface area (Å²) in [7, 11) is 0. The second-order valence-corrected chi connectivity index (χ2v) is 2.80. The smallest absolute Gasteiger partial charge is 0.693 e. The summed E-state index contributed by atoms with van der Waals surface area (Å²) in [6, 6.07) is 0. The molecular weight excluding hydrogens is 371 g/mol. The van der Waals surface area contributed by atoms with E-state index in [1.807, 2.05) is 0 Å². The Bertz CT molecular complexity index is 230. The molecule has 1 saturated carbocycles. The number of nitrogens with two attached hydrogens (primary N) is 2. The minimum atomic E-state index is -1.57. The normalized spacial score (nSPS) is 16.1. The Balaban J connectivity index is -0.000000403. The molecule has 6 N–H and O–H groups in total. The summed E-state index contributed by atoms with van der Waals surface area (Å²) in [5.74, 6) is -2.53. The summed E-state index contributed by atoms with van der Waals surface area (Å²) in [6.45, 7) is 3.49. The van der Waals surface area contributed by atoms with E-state index in [1.54, 1.807) is 0 Å². The van der Waals surface area contributed by atoms with Crippen LogP contribution in [-0.2, 0) is 30.7 Å². The van der Waals surface area contributed by atoms with Gasteiger partial charge in [-0.1, -0.05) is 12.2 Å². The Kier molecular flexibility index (Phi) is 7.99. The van der Waals surface area contributed by atoms with Gasteiger partial charge in [0.15, 0.2) is 5.41 Å². The molecule has 0 amide bonds. The molecule has 0 spiro atoms. The molecule has 1 aliphatic carbocycles. The van der Waals surface area contributed by atoms with Crippen molar-refractivity contribution in [2.75, 3.05) is 0 Å². The Morgan fingerprint density at radius 3 is 1.50 bits per heavy atom. The molecule has 1 aliphatic rings. The SMILES string of the molecule is C=C1CC(C(=O)O)(C(=O)O)C1.[NH2-].[NH2-].[Pt+2]. The van der Waals surface area contributed by atoms with Crippen LogP contribution in [0.15, 0.2) is 12.2 Å². The molecule has 7 heteroatoms. The van der Waals surface area contributed by atoms with Gasteiger partial charge in [0.1, 0.15) is 0 Å². The van der Waals surface area contributed by atoms with Crippen molar-refractivity contribution >= 4 is 11.9 Å². The zero-order valence-electron chi connectivity index (χ0n) is 7.30. The summed E-state index contributed by atoms with van der Waals surface area (Å²) in [6.07, 6.45) is 0.134. The molecule has 0 bridgehead atoms. The number of aliphatic carboxylic acids is 2. The quantitative estimate of drug-likeness (QED) is 0.555. The van der Waals surface area contributed by atoms with Crippen LogP contribution < -0.4 is 0 Å². The maximum absolute atomic E-state index is 10.5. The summed E-state index contributed by atoms with van der Waals surface area (Å²) in [5.41, 5.74) is -0.883. The predicted octanol–water partition coefficient (Wildman–Crippen LogP) is 1.92. The molecule has 1 rings (SSSR count). The fourth-order valence-electron chi connectivity index (χ4n) is 1.20. The van der Waals surface area contributed by atoms with Crippen molar-refractivity contribution in [3.05, 3.63) is 24.5 Å². The maximum Gasteiger partial charge on any atom is 2.00 e. The van der Waals surface area contributed by atoms with Crippen molar-refractivity contribution in [3.63, 3.8) is 0 Å². The van der Waals surface area contributed by atoms with Crippen molar-refractivity contribution in [1.29, 1.82) is 0 Å². The summed E-state index contributed by atoms with van der Waals surface area (Å²) in [5, 5.41) is 17.1. The molecule has 0 aromatic heterocycles. The van der Waals surface area contributed by atoms with Crippen LogP contribution in [0.1, 0.15) is 12.8 Å². The van der Waals surface area contributed by atoms with Crippen LogP contribution in [0.25, 0.3) is 12.3 Å². The predicted molar refractivity (Wildman–Crippen MR) is 46.6 cm³/mol. The molecule has 0 heterocycles. The topological polar surface area (TPSA) is 142 Å². The van der Waals surface area contributed by atoms with Gasteiger partial charge in [0.05, 0.1) is 0 Å². The van der Waals surface area contributed by atoms with Gasteiger partial charge in [-0.15, -0.1) is 0 Å². The van der Waals surface area contributed by atoms with E-state index in [9.17, 15) is 9.59 Å². The fourth-order valence-corrected chi connectivity index (χ4v) is 1.20. The number of rotatable bonds is 2. The van der Waals surface area contributed by atoms with E-state index in [0.29, 0.717) is 5.57 Å². The minimum absolute atomic E-state index is 0. The Morgan fingerprint density at radius 2 is 1.43 bits per heavy atom. The average molecular weight is 383 g/mol. The summed E-state index contributed by atoms with van der Waals surface area (Å²) in [4.78, 5) is 20.9. The van der Waals surface area contributed by atoms with Gasteiger partial charge in [0.25, 0.3) is 0 Å². The molecular formula is C7H12N2O4Pt. The number of hydrogen-bond acceptors (Lipinski definition) is 2. The van der Waals surface area contributed by atoms with Crippen molar-refractivity contribution in [2.24, 2.45) is 5.41 Å². The molecule has 0 unspecified atom stereocenters. The fraction of sp³-hybridized carbons (Fsp3) is 0.429. The molecule has 0 radical (unpaired) electrons. The summed E-state index contributed by atoms with van der Waals surface area (Å²) < 4.78 is 0. The summed E-state index contributed by atoms with van der Waals surface area (Å²) >= 11 is 0. The van der Waals surface area contributed by atoms with Crippen molar-refractivity contribution in [1.82, 2.24) is 0 Å². The Labute approximate surface area is 95.8 Å². The first kappa shape index (κ1) is 19.0. The maximum atomic E-state index is 10.5. The van der Waals surface area contributed by atoms with E-state index in [4.69, 9.17) is 10.2 Å². The van der Waals surface area contributed by atoms with Crippen molar-refractivity contribution < 1.29 is 40.9 Å². The Morgan fingerprint density at radius 1 is 1.14 bits per heavy atom. The third-order valence-electron chi connectivity index (χ3n) is 1.92. The van der Waals surface area contributed by atoms with Crippen LogP contribution >= 0.6 is 0 Å². The van der Waals surface area contributed by atoms with Crippen LogP contribution in [-0.4, -0.2) is 22.2 Å². The molecule has 0 aliphatic heterocycles. The van der Waals surface area contributed by atoms with Gasteiger partial charge in [-0.3, -0.25) is 9.59 Å². The number of hydrogen-bond donors (Lipinski definition) is 2. The molecule has 14 heavy (non-hydrogen) atoms. The minimum Gasteiger partial charge on any atom is -0.693 e. The van der Waals surface area contributed by atoms with Crippen molar-refractivity contribution in [2.45, 2.75) is 12.8 Å². The molecule has 0 atom stereocenters.